The van der Waals surface area contributed by atoms with Gasteiger partial charge in [0.2, 0.25) is 0 Å². The van der Waals surface area contributed by atoms with Crippen LogP contribution in [0.4, 0.5) is 23.7 Å². The van der Waals surface area contributed by atoms with Gasteiger partial charge in [0.25, 0.3) is 0 Å². The fourth-order valence-electron chi connectivity index (χ4n) is 5.61. The van der Waals surface area contributed by atoms with Gasteiger partial charge in [-0.2, -0.15) is 18.4 Å². The molecule has 12 heteroatoms. The predicted octanol–water partition coefficient (Wildman–Crippen LogP) is 5.84. The number of nitrogens with zero attached hydrogens (tertiary/aromatic N) is 3. The topological polar surface area (TPSA) is 117 Å². The molecule has 214 valence electrons. The van der Waals surface area contributed by atoms with E-state index >= 15 is 0 Å². The second-order valence-corrected chi connectivity index (χ2v) is 12.7. The number of rotatable bonds is 5. The molecular weight excluding hydrogens is 555 g/mol. The number of alkyl halides is 3. The van der Waals surface area contributed by atoms with E-state index in [0.29, 0.717) is 41.1 Å². The molecule has 1 atom stereocenters. The van der Waals surface area contributed by atoms with Gasteiger partial charge in [0.15, 0.2) is 5.78 Å². The maximum Gasteiger partial charge on any atom is 0.416 e. The highest BCUT2D eigenvalue weighted by atomic mass is 32.2. The number of halogens is 3. The molecule has 41 heavy (non-hydrogen) atoms. The standard InChI is InChI=1S/C29H28F3N5O3S/c1-2-25(35-21-12-14-41(34,40)15-13-21)37-27(19-8-6-18(17-33)7-9-19)26-23(10-11-24(26)38)36(28(37)39)22-5-3-4-20(16-22)29(30,31)32/h2-9,16,21,27,34-35H,10-15H2,1H3. The average Bonchev–Trinajstić information content (AvgIpc) is 3.32. The number of carbonyl (C=O) groups is 2. The van der Waals surface area contributed by atoms with Crippen LogP contribution in [0.3, 0.4) is 0 Å². The van der Waals surface area contributed by atoms with Gasteiger partial charge in [-0.25, -0.2) is 9.00 Å². The third-order valence-corrected chi connectivity index (χ3v) is 9.45. The number of urea groups is 1. The quantitative estimate of drug-likeness (QED) is 0.459. The van der Waals surface area contributed by atoms with Crippen molar-refractivity contribution in [1.82, 2.24) is 10.2 Å². The van der Waals surface area contributed by atoms with Gasteiger partial charge in [-0.3, -0.25) is 19.4 Å². The molecule has 0 radical (unpaired) electrons. The highest BCUT2D eigenvalue weighted by Crippen LogP contribution is 2.46. The number of nitriles is 1. The second kappa shape index (κ2) is 10.7. The minimum absolute atomic E-state index is 0.00244. The Morgan fingerprint density at radius 3 is 2.41 bits per heavy atom. The third-order valence-electron chi connectivity index (χ3n) is 7.66. The largest absolute Gasteiger partial charge is 0.416 e. The minimum Gasteiger partial charge on any atom is -0.369 e. The van der Waals surface area contributed by atoms with Crippen LogP contribution in [0.25, 0.3) is 0 Å². The molecule has 1 unspecified atom stereocenters. The van der Waals surface area contributed by atoms with Gasteiger partial charge < -0.3 is 5.32 Å². The number of nitrogens with one attached hydrogen (secondary N) is 2. The molecule has 2 amide bonds. The van der Waals surface area contributed by atoms with E-state index in [2.05, 4.69) is 11.4 Å². The molecule has 0 saturated carbocycles. The molecule has 2 aromatic carbocycles. The molecule has 2 aromatic rings. The highest BCUT2D eigenvalue weighted by Gasteiger charge is 2.47. The van der Waals surface area contributed by atoms with Crippen molar-refractivity contribution in [2.24, 2.45) is 0 Å². The molecular formula is C29H28F3N5O3S. The Morgan fingerprint density at radius 1 is 1.12 bits per heavy atom. The number of ketones is 1. The van der Waals surface area contributed by atoms with E-state index in [-0.39, 0.29) is 41.9 Å². The maximum atomic E-state index is 14.4. The predicted molar refractivity (Wildman–Crippen MR) is 147 cm³/mol. The molecule has 5 rings (SSSR count). The van der Waals surface area contributed by atoms with Crippen molar-refractivity contribution in [2.75, 3.05) is 16.4 Å². The van der Waals surface area contributed by atoms with Crippen molar-refractivity contribution in [3.05, 3.63) is 88.4 Å². The summed E-state index contributed by atoms with van der Waals surface area (Å²) >= 11 is 0. The summed E-state index contributed by atoms with van der Waals surface area (Å²) in [6.07, 6.45) is -1.80. The number of allylic oxidation sites excluding steroid dienone is 2. The van der Waals surface area contributed by atoms with Gasteiger partial charge in [-0.1, -0.05) is 18.2 Å². The van der Waals surface area contributed by atoms with Crippen molar-refractivity contribution in [1.29, 1.82) is 10.0 Å². The van der Waals surface area contributed by atoms with Gasteiger partial charge >= 0.3 is 12.2 Å². The summed E-state index contributed by atoms with van der Waals surface area (Å²) < 4.78 is 61.0. The Labute approximate surface area is 236 Å². The number of anilines is 1. The molecule has 0 aromatic heterocycles. The van der Waals surface area contributed by atoms with Gasteiger partial charge in [0.05, 0.1) is 28.9 Å². The minimum atomic E-state index is -4.63. The Morgan fingerprint density at radius 2 is 1.80 bits per heavy atom. The van der Waals surface area contributed by atoms with Crippen LogP contribution in [0.15, 0.2) is 71.7 Å². The third kappa shape index (κ3) is 5.46. The lowest BCUT2D eigenvalue weighted by atomic mass is 9.92. The van der Waals surface area contributed by atoms with E-state index in [1.807, 2.05) is 0 Å². The zero-order valence-corrected chi connectivity index (χ0v) is 23.0. The maximum absolute atomic E-state index is 14.4. The lowest BCUT2D eigenvalue weighted by molar-refractivity contribution is -0.137. The second-order valence-electron chi connectivity index (χ2n) is 10.3. The fourth-order valence-corrected chi connectivity index (χ4v) is 7.14. The Hall–Kier alpha value is -4.11. The molecule has 1 aliphatic carbocycles. The Bertz CT molecular complexity index is 1590. The lowest BCUT2D eigenvalue weighted by Crippen LogP contribution is -2.53. The number of carbonyl (C=O) groups excluding carboxylic acids is 2. The van der Waals surface area contributed by atoms with E-state index in [9.17, 15) is 32.2 Å². The molecule has 1 fully saturated rings. The van der Waals surface area contributed by atoms with Crippen LogP contribution in [0.2, 0.25) is 0 Å². The zero-order valence-electron chi connectivity index (χ0n) is 22.2. The first-order valence-corrected chi connectivity index (χ1v) is 15.1. The zero-order chi connectivity index (χ0) is 29.5. The summed E-state index contributed by atoms with van der Waals surface area (Å²) in [5.74, 6) is 0.541. The summed E-state index contributed by atoms with van der Waals surface area (Å²) in [6.45, 7) is 1.71. The number of benzene rings is 2. The van der Waals surface area contributed by atoms with Crippen molar-refractivity contribution in [2.45, 2.75) is 50.9 Å². The van der Waals surface area contributed by atoms with Crippen LogP contribution < -0.4 is 10.2 Å². The van der Waals surface area contributed by atoms with E-state index in [4.69, 9.17) is 4.78 Å². The van der Waals surface area contributed by atoms with Crippen LogP contribution in [0, 0.1) is 16.1 Å². The van der Waals surface area contributed by atoms with Crippen molar-refractivity contribution in [3.63, 3.8) is 0 Å². The fraction of sp³-hybridized carbons (Fsp3) is 0.345. The Kier molecular flexibility index (Phi) is 7.42. The van der Waals surface area contributed by atoms with Crippen LogP contribution in [-0.2, 0) is 20.7 Å². The molecule has 0 spiro atoms. The van der Waals surface area contributed by atoms with Gasteiger partial charge in [-0.05, 0) is 68.2 Å². The van der Waals surface area contributed by atoms with Gasteiger partial charge in [0, 0.05) is 45.0 Å². The van der Waals surface area contributed by atoms with E-state index in [1.54, 1.807) is 37.3 Å². The van der Waals surface area contributed by atoms with Crippen LogP contribution in [0.1, 0.15) is 55.3 Å². The van der Waals surface area contributed by atoms with E-state index in [0.717, 1.165) is 12.1 Å². The summed E-state index contributed by atoms with van der Waals surface area (Å²) in [6, 6.07) is 11.3. The van der Waals surface area contributed by atoms with E-state index < -0.39 is 33.5 Å². The van der Waals surface area contributed by atoms with Crippen LogP contribution >= 0.6 is 0 Å². The smallest absolute Gasteiger partial charge is 0.369 e. The van der Waals surface area contributed by atoms with E-state index in [1.165, 1.54) is 21.9 Å². The first kappa shape index (κ1) is 28.4. The van der Waals surface area contributed by atoms with Crippen molar-refractivity contribution in [3.8, 4) is 6.07 Å². The molecule has 2 N–H and O–H groups in total. The van der Waals surface area contributed by atoms with Crippen LogP contribution in [-0.4, -0.2) is 38.5 Å². The van der Waals surface area contributed by atoms with Gasteiger partial charge in [-0.15, -0.1) is 0 Å². The summed E-state index contributed by atoms with van der Waals surface area (Å²) in [7, 11) is -2.65. The van der Waals surface area contributed by atoms with Crippen LogP contribution in [0.5, 0.6) is 0 Å². The number of Topliss-reactive ketones (excluding diaryl/α,β-unsaturated/α-hetero) is 1. The number of hydrogen-bond donors (Lipinski definition) is 2. The molecule has 3 aliphatic rings. The highest BCUT2D eigenvalue weighted by molar-refractivity contribution is 7.92. The van der Waals surface area contributed by atoms with Crippen molar-refractivity contribution >= 4 is 27.2 Å². The molecule has 2 aliphatic heterocycles. The monoisotopic (exact) mass is 583 g/mol. The first-order valence-electron chi connectivity index (χ1n) is 13.2. The molecule has 2 heterocycles. The normalized spacial score (nSPS) is 25.3. The summed E-state index contributed by atoms with van der Waals surface area (Å²) in [4.78, 5) is 30.4. The summed E-state index contributed by atoms with van der Waals surface area (Å²) in [5, 5.41) is 12.6. The summed E-state index contributed by atoms with van der Waals surface area (Å²) in [5.41, 5.74) is 0.712. The number of amides is 2. The van der Waals surface area contributed by atoms with Gasteiger partial charge in [0.1, 0.15) is 5.82 Å². The SMILES string of the molecule is CC=C(NC1CCS(=N)(=O)CC1)N1C(=O)N(c2cccc(C(F)(F)F)c2)C2=C(C(=O)CC2)C1c1ccc(C#N)cc1. The molecule has 0 bridgehead atoms. The lowest BCUT2D eigenvalue weighted by Gasteiger charge is -2.44. The molecule has 1 saturated heterocycles. The average molecular weight is 584 g/mol. The van der Waals surface area contributed by atoms with Crippen molar-refractivity contribution < 1.29 is 27.0 Å². The first-order chi connectivity index (χ1) is 19.4. The Balaban J connectivity index is 1.65. The number of hydrogen-bond acceptors (Lipinski definition) is 6. The molecule has 8 nitrogen and oxygen atoms in total.